The summed E-state index contributed by atoms with van der Waals surface area (Å²) in [6.07, 6.45) is 2.72. The van der Waals surface area contributed by atoms with Crippen LogP contribution in [0, 0.1) is 6.92 Å². The van der Waals surface area contributed by atoms with Crippen LogP contribution < -0.4 is 4.90 Å². The minimum absolute atomic E-state index is 0.201. The highest BCUT2D eigenvalue weighted by Gasteiger charge is 2.23. The molecular weight excluding hydrogens is 408 g/mol. The van der Waals surface area contributed by atoms with Crippen molar-refractivity contribution in [1.29, 1.82) is 0 Å². The van der Waals surface area contributed by atoms with Gasteiger partial charge in [0.05, 0.1) is 27.9 Å². The summed E-state index contributed by atoms with van der Waals surface area (Å²) in [6, 6.07) is 15.7. The third-order valence-corrected chi connectivity index (χ3v) is 6.56. The van der Waals surface area contributed by atoms with Crippen molar-refractivity contribution in [2.45, 2.75) is 18.4 Å². The first-order chi connectivity index (χ1) is 13.8. The van der Waals surface area contributed by atoms with Crippen LogP contribution >= 0.6 is 11.3 Å². The molecule has 0 atom stereocenters. The molecule has 2 heterocycles. The lowest BCUT2D eigenvalue weighted by Crippen LogP contribution is -2.30. The summed E-state index contributed by atoms with van der Waals surface area (Å²) < 4.78 is 29.9. The Balaban J connectivity index is 1.79. The van der Waals surface area contributed by atoms with Gasteiger partial charge in [0.25, 0.3) is 5.91 Å². The van der Waals surface area contributed by atoms with Gasteiger partial charge in [-0.05, 0) is 49.4 Å². The molecule has 0 saturated heterocycles. The second kappa shape index (κ2) is 7.46. The van der Waals surface area contributed by atoms with Crippen LogP contribution in [0.5, 0.6) is 0 Å². The zero-order valence-corrected chi connectivity index (χ0v) is 17.5. The number of fused-ring (bicyclic) bond motifs is 1. The van der Waals surface area contributed by atoms with Crippen LogP contribution in [-0.2, 0) is 16.4 Å². The zero-order chi connectivity index (χ0) is 20.6. The molecule has 0 N–H and O–H groups in total. The third kappa shape index (κ3) is 4.08. The van der Waals surface area contributed by atoms with Gasteiger partial charge in [0.2, 0.25) is 0 Å². The Morgan fingerprint density at radius 3 is 2.66 bits per heavy atom. The molecule has 0 bridgehead atoms. The van der Waals surface area contributed by atoms with Crippen LogP contribution in [0.2, 0.25) is 0 Å². The van der Waals surface area contributed by atoms with E-state index in [-0.39, 0.29) is 17.3 Å². The standard InChI is InChI=1S/C21H18N2O4S2/c1-14-5-3-6-15(11-14)20(24)23(13-16-7-4-10-27-16)21-22-18-9-8-17(29(2,25)26)12-19(18)28-21/h3-12H,13H2,1-2H3. The maximum atomic E-state index is 13.3. The Kier molecular flexibility index (Phi) is 4.97. The number of furan rings is 1. The van der Waals surface area contributed by atoms with E-state index in [1.54, 1.807) is 41.5 Å². The monoisotopic (exact) mass is 426 g/mol. The van der Waals surface area contributed by atoms with E-state index in [2.05, 4.69) is 4.98 Å². The predicted molar refractivity (Wildman–Crippen MR) is 113 cm³/mol. The molecule has 148 valence electrons. The number of anilines is 1. The molecule has 6 nitrogen and oxygen atoms in total. The van der Waals surface area contributed by atoms with Gasteiger partial charge in [0, 0.05) is 11.8 Å². The summed E-state index contributed by atoms with van der Waals surface area (Å²) in [4.78, 5) is 19.6. The molecule has 4 rings (SSSR count). The number of rotatable bonds is 5. The fourth-order valence-corrected chi connectivity index (χ4v) is 4.68. The molecule has 29 heavy (non-hydrogen) atoms. The van der Waals surface area contributed by atoms with Gasteiger partial charge in [-0.3, -0.25) is 9.69 Å². The summed E-state index contributed by atoms with van der Waals surface area (Å²) in [5.74, 6) is 0.426. The lowest BCUT2D eigenvalue weighted by atomic mass is 10.1. The highest BCUT2D eigenvalue weighted by molar-refractivity contribution is 7.90. The van der Waals surface area contributed by atoms with Crippen molar-refractivity contribution in [3.63, 3.8) is 0 Å². The molecule has 0 saturated carbocycles. The molecule has 0 radical (unpaired) electrons. The number of sulfone groups is 1. The van der Waals surface area contributed by atoms with Crippen molar-refractivity contribution < 1.29 is 17.6 Å². The van der Waals surface area contributed by atoms with E-state index in [9.17, 15) is 13.2 Å². The van der Waals surface area contributed by atoms with Crippen LogP contribution in [0.3, 0.4) is 0 Å². The minimum Gasteiger partial charge on any atom is -0.467 e. The van der Waals surface area contributed by atoms with Gasteiger partial charge < -0.3 is 4.42 Å². The smallest absolute Gasteiger partial charge is 0.260 e. The summed E-state index contributed by atoms with van der Waals surface area (Å²) in [5, 5.41) is 0.480. The van der Waals surface area contributed by atoms with E-state index >= 15 is 0 Å². The molecule has 4 aromatic rings. The Bertz CT molecular complexity index is 1290. The van der Waals surface area contributed by atoms with Crippen LogP contribution in [0.4, 0.5) is 5.13 Å². The van der Waals surface area contributed by atoms with Gasteiger partial charge >= 0.3 is 0 Å². The summed E-state index contributed by atoms with van der Waals surface area (Å²) in [7, 11) is -3.33. The predicted octanol–water partition coefficient (Wildman–Crippen LogP) is 4.45. The van der Waals surface area contributed by atoms with Crippen molar-refractivity contribution >= 4 is 42.4 Å². The summed E-state index contributed by atoms with van der Waals surface area (Å²) >= 11 is 1.27. The Morgan fingerprint density at radius 2 is 1.97 bits per heavy atom. The SMILES string of the molecule is Cc1cccc(C(=O)N(Cc2ccco2)c2nc3ccc(S(C)(=O)=O)cc3s2)c1. The van der Waals surface area contributed by atoms with Gasteiger partial charge in [-0.1, -0.05) is 29.0 Å². The van der Waals surface area contributed by atoms with Crippen molar-refractivity contribution in [3.8, 4) is 0 Å². The molecule has 2 aromatic carbocycles. The fourth-order valence-electron chi connectivity index (χ4n) is 2.96. The number of amides is 1. The van der Waals surface area contributed by atoms with E-state index in [0.717, 1.165) is 5.56 Å². The minimum atomic E-state index is -3.33. The molecular formula is C21H18N2O4S2. The van der Waals surface area contributed by atoms with E-state index in [1.165, 1.54) is 23.7 Å². The van der Waals surface area contributed by atoms with Gasteiger partial charge in [-0.2, -0.15) is 0 Å². The number of aryl methyl sites for hydroxylation is 1. The number of nitrogens with zero attached hydrogens (tertiary/aromatic N) is 2. The van der Waals surface area contributed by atoms with Gasteiger partial charge in [-0.15, -0.1) is 0 Å². The lowest BCUT2D eigenvalue weighted by molar-refractivity contribution is 0.0983. The van der Waals surface area contributed by atoms with Crippen LogP contribution in [0.1, 0.15) is 21.7 Å². The molecule has 0 fully saturated rings. The normalized spacial score (nSPS) is 11.7. The lowest BCUT2D eigenvalue weighted by Gasteiger charge is -2.19. The van der Waals surface area contributed by atoms with E-state index in [0.29, 0.717) is 26.7 Å². The number of carbonyl (C=O) groups is 1. The quantitative estimate of drug-likeness (QED) is 0.471. The zero-order valence-electron chi connectivity index (χ0n) is 15.8. The third-order valence-electron chi connectivity index (χ3n) is 4.41. The number of hydrogen-bond acceptors (Lipinski definition) is 6. The van der Waals surface area contributed by atoms with E-state index in [4.69, 9.17) is 4.42 Å². The molecule has 0 aliphatic heterocycles. The van der Waals surface area contributed by atoms with Gasteiger partial charge in [0.15, 0.2) is 15.0 Å². The highest BCUT2D eigenvalue weighted by Crippen LogP contribution is 2.32. The van der Waals surface area contributed by atoms with Crippen LogP contribution in [0.25, 0.3) is 10.2 Å². The second-order valence-corrected chi connectivity index (χ2v) is 9.76. The Labute approximate surface area is 172 Å². The van der Waals surface area contributed by atoms with Crippen molar-refractivity contribution in [2.75, 3.05) is 11.2 Å². The van der Waals surface area contributed by atoms with Gasteiger partial charge in [0.1, 0.15) is 5.76 Å². The number of benzene rings is 2. The molecule has 2 aromatic heterocycles. The molecule has 0 aliphatic rings. The first-order valence-corrected chi connectivity index (χ1v) is 11.5. The number of carbonyl (C=O) groups excluding carboxylic acids is 1. The van der Waals surface area contributed by atoms with E-state index < -0.39 is 9.84 Å². The van der Waals surface area contributed by atoms with Crippen LogP contribution in [-0.4, -0.2) is 25.6 Å². The first kappa shape index (κ1) is 19.4. The second-order valence-electron chi connectivity index (χ2n) is 6.74. The van der Waals surface area contributed by atoms with E-state index in [1.807, 2.05) is 25.1 Å². The Hall–Kier alpha value is -2.97. The topological polar surface area (TPSA) is 80.5 Å². The maximum Gasteiger partial charge on any atom is 0.260 e. The molecule has 0 aliphatic carbocycles. The van der Waals surface area contributed by atoms with Gasteiger partial charge in [-0.25, -0.2) is 13.4 Å². The summed E-state index contributed by atoms with van der Waals surface area (Å²) in [6.45, 7) is 2.15. The average Bonchev–Trinajstić information content (AvgIpc) is 3.33. The van der Waals surface area contributed by atoms with Crippen molar-refractivity contribution in [3.05, 3.63) is 77.7 Å². The summed E-state index contributed by atoms with van der Waals surface area (Å²) in [5.41, 5.74) is 2.17. The molecule has 0 unspecified atom stereocenters. The molecule has 1 amide bonds. The number of thiazole rings is 1. The maximum absolute atomic E-state index is 13.3. The van der Waals surface area contributed by atoms with Crippen molar-refractivity contribution in [1.82, 2.24) is 4.98 Å². The van der Waals surface area contributed by atoms with Crippen molar-refractivity contribution in [2.24, 2.45) is 0 Å². The largest absolute Gasteiger partial charge is 0.467 e. The number of aromatic nitrogens is 1. The number of hydrogen-bond donors (Lipinski definition) is 0. The molecule has 8 heteroatoms. The van der Waals surface area contributed by atoms with Crippen LogP contribution in [0.15, 0.2) is 70.2 Å². The fraction of sp³-hybridized carbons (Fsp3) is 0.143. The molecule has 0 spiro atoms. The first-order valence-electron chi connectivity index (χ1n) is 8.83. The average molecular weight is 427 g/mol. The highest BCUT2D eigenvalue weighted by atomic mass is 32.2. The Morgan fingerprint density at radius 1 is 1.14 bits per heavy atom.